The number of nitrogens with zero attached hydrogens (tertiary/aromatic N) is 3. The molecular weight excluding hydrogens is 466 g/mol. The number of H-pyrrole nitrogens is 1. The minimum atomic E-state index is -2.70. The van der Waals surface area contributed by atoms with Crippen molar-refractivity contribution in [1.82, 2.24) is 25.3 Å². The standard InChI is InChI=1S/C22H26F2N6O5/c1-30-15(4-18(29-30)34-13-8-22(23,24)9-13)19(31)25-17-3-14(27-28-17)16-2-12(10-33-16)35-20(32)26-21-5-11(6-21)7-21/h3-4,11-13,16H,2,5-10H2,1H3,(H,26,32)(H2,25,27,28,31)/t11?,12-,16-,21?/m0/s1. The summed E-state index contributed by atoms with van der Waals surface area (Å²) in [6.45, 7) is 0.277. The van der Waals surface area contributed by atoms with Gasteiger partial charge in [0.05, 0.1) is 12.3 Å². The Morgan fingerprint density at radius 1 is 1.20 bits per heavy atom. The van der Waals surface area contributed by atoms with Crippen molar-refractivity contribution in [1.29, 1.82) is 0 Å². The number of anilines is 1. The first-order chi connectivity index (χ1) is 16.7. The Labute approximate surface area is 198 Å². The fourth-order valence-corrected chi connectivity index (χ4v) is 5.24. The second-order valence-corrected chi connectivity index (χ2v) is 10.1. The van der Waals surface area contributed by atoms with Crippen LogP contribution < -0.4 is 15.4 Å². The van der Waals surface area contributed by atoms with Gasteiger partial charge < -0.3 is 24.8 Å². The van der Waals surface area contributed by atoms with Crippen LogP contribution in [0.4, 0.5) is 19.4 Å². The molecule has 0 spiro atoms. The van der Waals surface area contributed by atoms with Crippen molar-refractivity contribution in [2.75, 3.05) is 11.9 Å². The number of alkyl carbamates (subject to hydrolysis) is 1. The number of hydrogen-bond donors (Lipinski definition) is 3. The van der Waals surface area contributed by atoms with E-state index in [1.165, 1.54) is 10.7 Å². The highest BCUT2D eigenvalue weighted by molar-refractivity contribution is 6.02. The van der Waals surface area contributed by atoms with E-state index in [4.69, 9.17) is 14.2 Å². The fraction of sp³-hybridized carbons (Fsp3) is 0.636. The summed E-state index contributed by atoms with van der Waals surface area (Å²) in [7, 11) is 1.56. The molecule has 1 saturated heterocycles. The molecule has 4 aliphatic carbocycles. The number of carbonyl (C=O) groups is 2. The van der Waals surface area contributed by atoms with E-state index in [9.17, 15) is 18.4 Å². The van der Waals surface area contributed by atoms with E-state index in [-0.39, 0.29) is 54.6 Å². The maximum absolute atomic E-state index is 13.0. The summed E-state index contributed by atoms with van der Waals surface area (Å²) in [4.78, 5) is 24.8. The lowest BCUT2D eigenvalue weighted by atomic mass is 9.50. The van der Waals surface area contributed by atoms with Crippen LogP contribution in [0.15, 0.2) is 12.1 Å². The average molecular weight is 492 g/mol. The molecule has 0 aromatic carbocycles. The normalized spacial score (nSPS) is 30.5. The minimum absolute atomic E-state index is 0.0380. The quantitative estimate of drug-likeness (QED) is 0.541. The zero-order valence-electron chi connectivity index (χ0n) is 19.1. The highest BCUT2D eigenvalue weighted by Crippen LogP contribution is 2.57. The predicted molar refractivity (Wildman–Crippen MR) is 115 cm³/mol. The van der Waals surface area contributed by atoms with E-state index in [2.05, 4.69) is 25.9 Å². The van der Waals surface area contributed by atoms with Crippen molar-refractivity contribution in [3.8, 4) is 5.88 Å². The van der Waals surface area contributed by atoms with Crippen LogP contribution in [-0.4, -0.2) is 62.3 Å². The summed E-state index contributed by atoms with van der Waals surface area (Å²) in [5, 5.41) is 16.7. The number of aromatic amines is 1. The van der Waals surface area contributed by atoms with Gasteiger partial charge in [-0.05, 0) is 25.2 Å². The third kappa shape index (κ3) is 4.32. The number of ether oxygens (including phenoxy) is 3. The molecule has 0 radical (unpaired) electrons. The molecule has 35 heavy (non-hydrogen) atoms. The van der Waals surface area contributed by atoms with Gasteiger partial charge in [-0.1, -0.05) is 0 Å². The van der Waals surface area contributed by atoms with E-state index in [0.29, 0.717) is 12.1 Å². The fourth-order valence-electron chi connectivity index (χ4n) is 5.24. The Balaban J connectivity index is 1.00. The highest BCUT2D eigenvalue weighted by Gasteiger charge is 2.57. The smallest absolute Gasteiger partial charge is 0.407 e. The number of hydrogen-bond acceptors (Lipinski definition) is 7. The zero-order chi connectivity index (χ0) is 24.4. The Kier molecular flexibility index (Phi) is 5.02. The third-order valence-corrected chi connectivity index (χ3v) is 7.26. The number of halogens is 2. The molecule has 4 saturated carbocycles. The van der Waals surface area contributed by atoms with Crippen LogP contribution in [0.25, 0.3) is 0 Å². The summed E-state index contributed by atoms with van der Waals surface area (Å²) >= 11 is 0. The summed E-state index contributed by atoms with van der Waals surface area (Å²) in [5.74, 6) is -2.02. The molecule has 11 nitrogen and oxygen atoms in total. The summed E-state index contributed by atoms with van der Waals surface area (Å²) in [6, 6.07) is 3.05. The maximum Gasteiger partial charge on any atom is 0.407 e. The highest BCUT2D eigenvalue weighted by atomic mass is 19.3. The Morgan fingerprint density at radius 3 is 2.66 bits per heavy atom. The number of aromatic nitrogens is 4. The van der Waals surface area contributed by atoms with Gasteiger partial charge >= 0.3 is 6.09 Å². The van der Waals surface area contributed by atoms with Gasteiger partial charge in [-0.25, -0.2) is 13.6 Å². The third-order valence-electron chi connectivity index (χ3n) is 7.26. The van der Waals surface area contributed by atoms with Gasteiger partial charge in [0.2, 0.25) is 5.88 Å². The van der Waals surface area contributed by atoms with Crippen LogP contribution in [0.2, 0.25) is 0 Å². The molecule has 2 aromatic heterocycles. The summed E-state index contributed by atoms with van der Waals surface area (Å²) < 4.78 is 44.0. The number of amides is 2. The SMILES string of the molecule is Cn1nc(OC2CC(F)(F)C2)cc1C(=O)Nc1cc([C@@H]2C[C@H](OC(=O)NC34CC(C3)C4)CO2)[nH]n1. The van der Waals surface area contributed by atoms with Gasteiger partial charge in [-0.2, -0.15) is 5.10 Å². The summed E-state index contributed by atoms with van der Waals surface area (Å²) in [6.07, 6.45) is 1.16. The van der Waals surface area contributed by atoms with Crippen LogP contribution in [0.5, 0.6) is 5.88 Å². The molecule has 188 valence electrons. The van der Waals surface area contributed by atoms with Crippen LogP contribution >= 0.6 is 0 Å². The number of alkyl halides is 2. The molecule has 1 aliphatic heterocycles. The van der Waals surface area contributed by atoms with Crippen molar-refractivity contribution in [2.24, 2.45) is 13.0 Å². The van der Waals surface area contributed by atoms with Gasteiger partial charge in [-0.15, -0.1) is 5.10 Å². The number of nitrogens with one attached hydrogen (secondary N) is 3. The zero-order valence-corrected chi connectivity index (χ0v) is 19.1. The van der Waals surface area contributed by atoms with Gasteiger partial charge in [0.15, 0.2) is 5.82 Å². The van der Waals surface area contributed by atoms with Crippen LogP contribution in [0, 0.1) is 5.92 Å². The number of aryl methyl sites for hydroxylation is 1. The molecule has 2 bridgehead atoms. The minimum Gasteiger partial charge on any atom is -0.473 e. The number of carbonyl (C=O) groups excluding carboxylic acids is 2. The van der Waals surface area contributed by atoms with E-state index in [0.717, 1.165) is 25.2 Å². The molecule has 5 fully saturated rings. The Morgan fingerprint density at radius 2 is 1.97 bits per heavy atom. The Hall–Kier alpha value is -3.22. The molecule has 2 atom stereocenters. The maximum atomic E-state index is 13.0. The first-order valence-electron chi connectivity index (χ1n) is 11.7. The van der Waals surface area contributed by atoms with Crippen molar-refractivity contribution in [3.05, 3.63) is 23.5 Å². The summed E-state index contributed by atoms with van der Waals surface area (Å²) in [5.41, 5.74) is 0.797. The molecule has 0 unspecified atom stereocenters. The van der Waals surface area contributed by atoms with Crippen LogP contribution in [-0.2, 0) is 16.5 Å². The van der Waals surface area contributed by atoms with Crippen molar-refractivity contribution < 1.29 is 32.6 Å². The molecule has 2 aromatic rings. The molecule has 2 amide bonds. The van der Waals surface area contributed by atoms with Crippen LogP contribution in [0.3, 0.4) is 0 Å². The molecule has 7 rings (SSSR count). The van der Waals surface area contributed by atoms with E-state index in [1.807, 2.05) is 0 Å². The lowest BCUT2D eigenvalue weighted by Gasteiger charge is -2.61. The first-order valence-corrected chi connectivity index (χ1v) is 11.7. The van der Waals surface area contributed by atoms with Crippen molar-refractivity contribution in [3.63, 3.8) is 0 Å². The largest absolute Gasteiger partial charge is 0.473 e. The van der Waals surface area contributed by atoms with E-state index < -0.39 is 24.0 Å². The lowest BCUT2D eigenvalue weighted by Crippen LogP contribution is -2.68. The van der Waals surface area contributed by atoms with Gasteiger partial charge in [0.25, 0.3) is 11.8 Å². The second-order valence-electron chi connectivity index (χ2n) is 10.1. The van der Waals surface area contributed by atoms with Gasteiger partial charge in [0, 0.05) is 44.0 Å². The molecule has 3 N–H and O–H groups in total. The van der Waals surface area contributed by atoms with E-state index in [1.54, 1.807) is 13.1 Å². The average Bonchev–Trinajstić information content (AvgIpc) is 3.43. The van der Waals surface area contributed by atoms with E-state index >= 15 is 0 Å². The number of rotatable bonds is 7. The Bertz CT molecular complexity index is 1140. The van der Waals surface area contributed by atoms with Crippen LogP contribution in [0.1, 0.15) is 60.8 Å². The van der Waals surface area contributed by atoms with Gasteiger partial charge in [-0.3, -0.25) is 14.6 Å². The molecular formula is C22H26F2N6O5. The monoisotopic (exact) mass is 492 g/mol. The predicted octanol–water partition coefficient (Wildman–Crippen LogP) is 2.68. The first kappa shape index (κ1) is 22.3. The second kappa shape index (κ2) is 7.90. The van der Waals surface area contributed by atoms with Crippen molar-refractivity contribution in [2.45, 2.75) is 68.3 Å². The lowest BCUT2D eigenvalue weighted by molar-refractivity contribution is -0.135. The molecule has 5 aliphatic rings. The van der Waals surface area contributed by atoms with Gasteiger partial charge in [0.1, 0.15) is 24.0 Å². The topological polar surface area (TPSA) is 132 Å². The van der Waals surface area contributed by atoms with Crippen molar-refractivity contribution >= 4 is 17.8 Å². The molecule has 3 heterocycles. The molecule has 13 heteroatoms.